The first kappa shape index (κ1) is 12.7. The van der Waals surface area contributed by atoms with Gasteiger partial charge in [0.15, 0.2) is 0 Å². The number of furan rings is 1. The van der Waals surface area contributed by atoms with E-state index >= 15 is 0 Å². The number of rotatable bonds is 2. The summed E-state index contributed by atoms with van der Waals surface area (Å²) in [5.74, 6) is 1.28. The summed E-state index contributed by atoms with van der Waals surface area (Å²) in [4.78, 5) is 2.41. The summed E-state index contributed by atoms with van der Waals surface area (Å²) in [6.45, 7) is 4.53. The minimum atomic E-state index is 0.362. The topological polar surface area (TPSA) is 49.4 Å². The molecule has 0 aromatic carbocycles. The van der Waals surface area contributed by atoms with Crippen LogP contribution in [0, 0.1) is 16.7 Å². The third kappa shape index (κ3) is 2.83. The van der Waals surface area contributed by atoms with E-state index in [0.29, 0.717) is 11.2 Å². The van der Waals surface area contributed by atoms with Gasteiger partial charge in [-0.15, -0.1) is 0 Å². The van der Waals surface area contributed by atoms with Crippen molar-refractivity contribution in [3.8, 4) is 6.07 Å². The van der Waals surface area contributed by atoms with Gasteiger partial charge in [0, 0.05) is 18.5 Å². The molecule has 2 aliphatic rings. The maximum absolute atomic E-state index is 8.79. The van der Waals surface area contributed by atoms with E-state index in [1.165, 1.54) is 25.7 Å². The van der Waals surface area contributed by atoms with E-state index in [1.54, 1.807) is 6.07 Å². The van der Waals surface area contributed by atoms with Crippen LogP contribution in [0.15, 0.2) is 16.5 Å². The van der Waals surface area contributed by atoms with Crippen LogP contribution >= 0.6 is 0 Å². The molecule has 0 amide bonds. The fourth-order valence-corrected chi connectivity index (χ4v) is 3.39. The van der Waals surface area contributed by atoms with E-state index in [-0.39, 0.29) is 0 Å². The monoisotopic (exact) mass is 260 g/mol. The van der Waals surface area contributed by atoms with Crippen LogP contribution in [-0.4, -0.2) is 31.2 Å². The number of nitrogens with zero attached hydrogens (tertiary/aromatic N) is 2. The van der Waals surface area contributed by atoms with Crippen LogP contribution in [0.25, 0.3) is 0 Å². The molecule has 0 atom stereocenters. The minimum absolute atomic E-state index is 0.362. The number of ether oxygens (including phenoxy) is 1. The Bertz CT molecular complexity index is 469. The van der Waals surface area contributed by atoms with Crippen molar-refractivity contribution >= 4 is 0 Å². The number of hydrogen-bond donors (Lipinski definition) is 0. The van der Waals surface area contributed by atoms with Gasteiger partial charge in [-0.1, -0.05) is 12.8 Å². The van der Waals surface area contributed by atoms with Crippen LogP contribution in [0.2, 0.25) is 0 Å². The SMILES string of the molecule is N#Cc1ccc(CN2CCOCC3(CCCC3)C2)o1. The van der Waals surface area contributed by atoms with Gasteiger partial charge < -0.3 is 9.15 Å². The van der Waals surface area contributed by atoms with Gasteiger partial charge in [0.2, 0.25) is 5.76 Å². The molecule has 4 nitrogen and oxygen atoms in total. The predicted molar refractivity (Wildman–Crippen MR) is 70.4 cm³/mol. The summed E-state index contributed by atoms with van der Waals surface area (Å²) in [7, 11) is 0. The van der Waals surface area contributed by atoms with Crippen LogP contribution in [0.1, 0.15) is 37.2 Å². The zero-order chi connectivity index (χ0) is 13.1. The van der Waals surface area contributed by atoms with E-state index in [2.05, 4.69) is 4.90 Å². The molecule has 1 aliphatic carbocycles. The van der Waals surface area contributed by atoms with Crippen molar-refractivity contribution in [2.24, 2.45) is 5.41 Å². The Hall–Kier alpha value is -1.31. The largest absolute Gasteiger partial charge is 0.449 e. The highest BCUT2D eigenvalue weighted by molar-refractivity contribution is 5.19. The van der Waals surface area contributed by atoms with Crippen LogP contribution in [-0.2, 0) is 11.3 Å². The van der Waals surface area contributed by atoms with Gasteiger partial charge in [0.1, 0.15) is 11.8 Å². The maximum atomic E-state index is 8.79. The standard InChI is InChI=1S/C15H20N2O2/c16-9-13-3-4-14(19-13)10-17-7-8-18-12-15(11-17)5-1-2-6-15/h3-4H,1-2,5-8,10-12H2. The van der Waals surface area contributed by atoms with Crippen LogP contribution < -0.4 is 0 Å². The van der Waals surface area contributed by atoms with E-state index in [4.69, 9.17) is 14.4 Å². The molecule has 0 N–H and O–H groups in total. The second kappa shape index (κ2) is 5.36. The lowest BCUT2D eigenvalue weighted by atomic mass is 9.87. The van der Waals surface area contributed by atoms with Crippen molar-refractivity contribution in [2.45, 2.75) is 32.2 Å². The molecule has 1 spiro atoms. The highest BCUT2D eigenvalue weighted by Crippen LogP contribution is 2.40. The zero-order valence-electron chi connectivity index (χ0n) is 11.2. The molecule has 2 heterocycles. The van der Waals surface area contributed by atoms with E-state index in [1.807, 2.05) is 12.1 Å². The average Bonchev–Trinajstić information content (AvgIpc) is 2.99. The fraction of sp³-hybridized carbons (Fsp3) is 0.667. The first-order valence-electron chi connectivity index (χ1n) is 7.09. The van der Waals surface area contributed by atoms with Crippen LogP contribution in [0.5, 0.6) is 0 Å². The molecule has 1 saturated heterocycles. The molecule has 1 aromatic heterocycles. The van der Waals surface area contributed by atoms with Crippen molar-refractivity contribution in [2.75, 3.05) is 26.3 Å². The van der Waals surface area contributed by atoms with Gasteiger partial charge in [0.05, 0.1) is 19.8 Å². The van der Waals surface area contributed by atoms with Crippen molar-refractivity contribution in [3.05, 3.63) is 23.7 Å². The van der Waals surface area contributed by atoms with E-state index in [9.17, 15) is 0 Å². The van der Waals surface area contributed by atoms with Gasteiger partial charge in [-0.25, -0.2) is 0 Å². The molecular formula is C15H20N2O2. The molecular weight excluding hydrogens is 240 g/mol. The van der Waals surface area contributed by atoms with E-state index < -0.39 is 0 Å². The van der Waals surface area contributed by atoms with Gasteiger partial charge in [-0.2, -0.15) is 5.26 Å². The summed E-state index contributed by atoms with van der Waals surface area (Å²) in [6.07, 6.45) is 5.23. The fourth-order valence-electron chi connectivity index (χ4n) is 3.39. The van der Waals surface area contributed by atoms with Crippen molar-refractivity contribution in [3.63, 3.8) is 0 Å². The Kier molecular flexibility index (Phi) is 3.58. The lowest BCUT2D eigenvalue weighted by Gasteiger charge is -2.31. The molecule has 1 saturated carbocycles. The Morgan fingerprint density at radius 1 is 1.32 bits per heavy atom. The quantitative estimate of drug-likeness (QED) is 0.820. The highest BCUT2D eigenvalue weighted by atomic mass is 16.5. The summed E-state index contributed by atoms with van der Waals surface area (Å²) < 4.78 is 11.3. The Labute approximate surface area is 113 Å². The van der Waals surface area contributed by atoms with Gasteiger partial charge in [-0.3, -0.25) is 4.90 Å². The summed E-state index contributed by atoms with van der Waals surface area (Å²) in [5.41, 5.74) is 0.362. The normalized spacial score (nSPS) is 23.3. The minimum Gasteiger partial charge on any atom is -0.449 e. The molecule has 1 aliphatic heterocycles. The molecule has 1 aromatic rings. The van der Waals surface area contributed by atoms with E-state index in [0.717, 1.165) is 38.6 Å². The molecule has 19 heavy (non-hydrogen) atoms. The van der Waals surface area contributed by atoms with Crippen molar-refractivity contribution in [1.82, 2.24) is 4.90 Å². The van der Waals surface area contributed by atoms with Gasteiger partial charge in [-0.05, 0) is 25.0 Å². The smallest absolute Gasteiger partial charge is 0.203 e. The van der Waals surface area contributed by atoms with Gasteiger partial charge in [0.25, 0.3) is 0 Å². The number of nitriles is 1. The number of hydrogen-bond acceptors (Lipinski definition) is 4. The highest BCUT2D eigenvalue weighted by Gasteiger charge is 2.37. The molecule has 0 radical (unpaired) electrons. The Morgan fingerprint density at radius 2 is 2.16 bits per heavy atom. The summed E-state index contributed by atoms with van der Waals surface area (Å²) >= 11 is 0. The molecule has 0 unspecified atom stereocenters. The second-order valence-corrected chi connectivity index (χ2v) is 5.85. The average molecular weight is 260 g/mol. The van der Waals surface area contributed by atoms with Crippen molar-refractivity contribution < 1.29 is 9.15 Å². The Balaban J connectivity index is 1.67. The lowest BCUT2D eigenvalue weighted by Crippen LogP contribution is -2.36. The third-order valence-electron chi connectivity index (χ3n) is 4.33. The molecule has 0 bridgehead atoms. The zero-order valence-corrected chi connectivity index (χ0v) is 11.2. The maximum Gasteiger partial charge on any atom is 0.203 e. The third-order valence-corrected chi connectivity index (χ3v) is 4.33. The molecule has 2 fully saturated rings. The first-order chi connectivity index (χ1) is 9.30. The van der Waals surface area contributed by atoms with Gasteiger partial charge >= 0.3 is 0 Å². The molecule has 3 rings (SSSR count). The van der Waals surface area contributed by atoms with Crippen LogP contribution in [0.3, 0.4) is 0 Å². The van der Waals surface area contributed by atoms with Crippen molar-refractivity contribution in [1.29, 1.82) is 5.26 Å². The molecule has 102 valence electrons. The predicted octanol–water partition coefficient (Wildman–Crippen LogP) is 2.54. The van der Waals surface area contributed by atoms with Crippen LogP contribution in [0.4, 0.5) is 0 Å². The second-order valence-electron chi connectivity index (χ2n) is 5.85. The summed E-state index contributed by atoms with van der Waals surface area (Å²) in [6, 6.07) is 5.69. The molecule has 4 heteroatoms. The summed E-state index contributed by atoms with van der Waals surface area (Å²) in [5, 5.41) is 8.79. The Morgan fingerprint density at radius 3 is 2.89 bits per heavy atom. The first-order valence-corrected chi connectivity index (χ1v) is 7.09. The lowest BCUT2D eigenvalue weighted by molar-refractivity contribution is 0.0707.